The number of fused-ring (bicyclic) bond motifs is 1. The van der Waals surface area contributed by atoms with Crippen LogP contribution in [-0.4, -0.2) is 44.5 Å². The van der Waals surface area contributed by atoms with Crippen molar-refractivity contribution in [2.45, 2.75) is 11.8 Å². The van der Waals surface area contributed by atoms with Gasteiger partial charge in [0.2, 0.25) is 5.78 Å². The van der Waals surface area contributed by atoms with Crippen LogP contribution in [0.15, 0.2) is 59.8 Å². The number of methoxy groups -OCH3 is 1. The van der Waals surface area contributed by atoms with Gasteiger partial charge >= 0.3 is 0 Å². The van der Waals surface area contributed by atoms with Crippen LogP contribution >= 0.6 is 0 Å². The molecule has 0 saturated heterocycles. The van der Waals surface area contributed by atoms with Gasteiger partial charge in [0.15, 0.2) is 5.82 Å². The lowest BCUT2D eigenvalue weighted by Crippen LogP contribution is -2.16. The fraction of sp³-hybridized carbons (Fsp3) is 0.167. The van der Waals surface area contributed by atoms with E-state index in [1.165, 1.54) is 37.7 Å². The van der Waals surface area contributed by atoms with E-state index in [0.29, 0.717) is 18.0 Å². The van der Waals surface area contributed by atoms with E-state index in [9.17, 15) is 17.6 Å². The van der Waals surface area contributed by atoms with Crippen molar-refractivity contribution in [3.05, 3.63) is 83.2 Å². The summed E-state index contributed by atoms with van der Waals surface area (Å²) in [5.41, 5.74) is -0.367. The summed E-state index contributed by atoms with van der Waals surface area (Å²) in [6.45, 7) is 2.36. The minimum absolute atomic E-state index is 0.0546. The molecule has 8 nitrogen and oxygen atoms in total. The molecule has 0 atom stereocenters. The molecular formula is C24H21F2N3O5S. The number of benzene rings is 2. The Bertz CT molecular complexity index is 1500. The number of aromatic nitrogens is 2. The highest BCUT2D eigenvalue weighted by Gasteiger charge is 2.26. The summed E-state index contributed by atoms with van der Waals surface area (Å²) in [5, 5.41) is 0.286. The second-order valence-electron chi connectivity index (χ2n) is 7.64. The first-order chi connectivity index (χ1) is 16.7. The zero-order valence-corrected chi connectivity index (χ0v) is 19.6. The van der Waals surface area contributed by atoms with Crippen LogP contribution in [0.2, 0.25) is 0 Å². The first-order valence-electron chi connectivity index (χ1n) is 10.4. The van der Waals surface area contributed by atoms with Crippen LogP contribution in [0.5, 0.6) is 5.75 Å². The Balaban J connectivity index is 1.69. The first kappa shape index (κ1) is 24.3. The zero-order chi connectivity index (χ0) is 25.2. The maximum atomic E-state index is 15.3. The standard InChI is InChI=1S/C24H21F2N3O5S/c1-14-3-5-16(6-4-14)35(31,32)29-20-8-7-19(25)21(22(20)26)23(30)18-13-28-24-17(18)11-15(12-27-24)34-10-9-33-2/h3-8,11-13,29H,9-10H2,1-2H3,(H,27,28). The van der Waals surface area contributed by atoms with Crippen LogP contribution in [0.25, 0.3) is 11.0 Å². The van der Waals surface area contributed by atoms with Crippen molar-refractivity contribution in [1.82, 2.24) is 9.97 Å². The number of aryl methyl sites for hydroxylation is 1. The van der Waals surface area contributed by atoms with Crippen molar-refractivity contribution in [3.8, 4) is 5.75 Å². The quantitative estimate of drug-likeness (QED) is 0.263. The molecule has 0 bridgehead atoms. The Morgan fingerprint density at radius 3 is 2.57 bits per heavy atom. The number of anilines is 1. The number of aromatic amines is 1. The van der Waals surface area contributed by atoms with Gasteiger partial charge in [0, 0.05) is 24.3 Å². The molecule has 2 N–H and O–H groups in total. The molecule has 2 aromatic heterocycles. The average molecular weight is 502 g/mol. The maximum absolute atomic E-state index is 15.3. The number of pyridine rings is 1. The maximum Gasteiger partial charge on any atom is 0.261 e. The summed E-state index contributed by atoms with van der Waals surface area (Å²) in [6, 6.07) is 9.15. The van der Waals surface area contributed by atoms with Crippen molar-refractivity contribution in [2.24, 2.45) is 0 Å². The van der Waals surface area contributed by atoms with Crippen LogP contribution in [0.4, 0.5) is 14.5 Å². The van der Waals surface area contributed by atoms with Gasteiger partial charge in [0.25, 0.3) is 10.0 Å². The van der Waals surface area contributed by atoms with Gasteiger partial charge in [-0.1, -0.05) is 17.7 Å². The Morgan fingerprint density at radius 2 is 1.86 bits per heavy atom. The second-order valence-corrected chi connectivity index (χ2v) is 9.32. The van der Waals surface area contributed by atoms with Gasteiger partial charge in [-0.3, -0.25) is 9.52 Å². The molecule has 2 heterocycles. The average Bonchev–Trinajstić information content (AvgIpc) is 3.25. The normalized spacial score (nSPS) is 11.5. The lowest BCUT2D eigenvalue weighted by atomic mass is 10.0. The third-order valence-corrected chi connectivity index (χ3v) is 6.58. The highest BCUT2D eigenvalue weighted by atomic mass is 32.2. The molecular weight excluding hydrogens is 480 g/mol. The molecule has 0 aliphatic heterocycles. The van der Waals surface area contributed by atoms with Crippen molar-refractivity contribution in [2.75, 3.05) is 25.0 Å². The number of carbonyl (C=O) groups is 1. The SMILES string of the molecule is COCCOc1cnc2[nH]cc(C(=O)c3c(F)ccc(NS(=O)(=O)c4ccc(C)cc4)c3F)c2c1. The highest BCUT2D eigenvalue weighted by Crippen LogP contribution is 2.29. The number of sulfonamides is 1. The smallest absolute Gasteiger partial charge is 0.261 e. The summed E-state index contributed by atoms with van der Waals surface area (Å²) >= 11 is 0. The van der Waals surface area contributed by atoms with Gasteiger partial charge in [0.1, 0.15) is 23.8 Å². The molecule has 4 aromatic rings. The van der Waals surface area contributed by atoms with Crippen molar-refractivity contribution in [3.63, 3.8) is 0 Å². The van der Waals surface area contributed by atoms with E-state index in [2.05, 4.69) is 14.7 Å². The summed E-state index contributed by atoms with van der Waals surface area (Å²) in [7, 11) is -2.66. The van der Waals surface area contributed by atoms with Crippen molar-refractivity contribution >= 4 is 32.5 Å². The predicted molar refractivity (Wildman–Crippen MR) is 125 cm³/mol. The third-order valence-electron chi connectivity index (χ3n) is 5.20. The van der Waals surface area contributed by atoms with Crippen LogP contribution in [-0.2, 0) is 14.8 Å². The number of halogens is 2. The van der Waals surface area contributed by atoms with Gasteiger partial charge in [-0.15, -0.1) is 0 Å². The van der Waals surface area contributed by atoms with E-state index in [-0.39, 0.29) is 22.5 Å². The first-order valence-corrected chi connectivity index (χ1v) is 11.9. The van der Waals surface area contributed by atoms with Crippen LogP contribution in [0.1, 0.15) is 21.5 Å². The molecule has 11 heteroatoms. The number of rotatable bonds is 9. The number of nitrogens with one attached hydrogen (secondary N) is 2. The molecule has 0 unspecified atom stereocenters. The van der Waals surface area contributed by atoms with Gasteiger partial charge in [0.05, 0.1) is 29.0 Å². The lowest BCUT2D eigenvalue weighted by Gasteiger charge is -2.12. The minimum atomic E-state index is -4.18. The van der Waals surface area contributed by atoms with Gasteiger partial charge in [-0.05, 0) is 37.3 Å². The largest absolute Gasteiger partial charge is 0.490 e. The number of hydrogen-bond donors (Lipinski definition) is 2. The van der Waals surface area contributed by atoms with Gasteiger partial charge < -0.3 is 14.5 Å². The van der Waals surface area contributed by atoms with E-state index in [0.717, 1.165) is 17.7 Å². The van der Waals surface area contributed by atoms with Crippen LogP contribution < -0.4 is 9.46 Å². The molecule has 0 amide bonds. The Morgan fingerprint density at radius 1 is 1.11 bits per heavy atom. The molecule has 0 saturated carbocycles. The van der Waals surface area contributed by atoms with E-state index in [4.69, 9.17) is 9.47 Å². The number of nitrogens with zero attached hydrogens (tertiary/aromatic N) is 1. The molecule has 182 valence electrons. The van der Waals surface area contributed by atoms with Crippen molar-refractivity contribution < 1.29 is 31.5 Å². The number of hydrogen-bond acceptors (Lipinski definition) is 6. The summed E-state index contributed by atoms with van der Waals surface area (Å²) < 4.78 is 67.9. The van der Waals surface area contributed by atoms with E-state index in [1.54, 1.807) is 19.1 Å². The molecule has 0 aliphatic rings. The van der Waals surface area contributed by atoms with Gasteiger partial charge in [-0.2, -0.15) is 0 Å². The zero-order valence-electron chi connectivity index (χ0n) is 18.8. The molecule has 35 heavy (non-hydrogen) atoms. The Kier molecular flexibility index (Phi) is 6.81. The fourth-order valence-electron chi connectivity index (χ4n) is 3.39. The summed E-state index contributed by atoms with van der Waals surface area (Å²) in [4.78, 5) is 20.0. The molecule has 0 spiro atoms. The number of ketones is 1. The molecule has 0 fully saturated rings. The minimum Gasteiger partial charge on any atom is -0.490 e. The monoisotopic (exact) mass is 501 g/mol. The van der Waals surface area contributed by atoms with E-state index >= 15 is 4.39 Å². The molecule has 4 rings (SSSR count). The topological polar surface area (TPSA) is 110 Å². The molecule has 0 radical (unpaired) electrons. The van der Waals surface area contributed by atoms with Crippen LogP contribution in [0.3, 0.4) is 0 Å². The summed E-state index contributed by atoms with van der Waals surface area (Å²) in [6.07, 6.45) is 2.71. The van der Waals surface area contributed by atoms with E-state index < -0.39 is 38.7 Å². The highest BCUT2D eigenvalue weighted by molar-refractivity contribution is 7.92. The Labute approximate surface area is 200 Å². The molecule has 0 aliphatic carbocycles. The summed E-state index contributed by atoms with van der Waals surface area (Å²) in [5.74, 6) is -3.12. The lowest BCUT2D eigenvalue weighted by molar-refractivity contribution is 0.103. The Hall–Kier alpha value is -3.83. The van der Waals surface area contributed by atoms with Crippen LogP contribution in [0, 0.1) is 18.6 Å². The number of H-pyrrole nitrogens is 1. The van der Waals surface area contributed by atoms with Gasteiger partial charge in [-0.25, -0.2) is 22.2 Å². The third kappa shape index (κ3) is 5.00. The number of carbonyl (C=O) groups excluding carboxylic acids is 1. The number of ether oxygens (including phenoxy) is 2. The second kappa shape index (κ2) is 9.80. The van der Waals surface area contributed by atoms with E-state index in [1.807, 2.05) is 0 Å². The van der Waals surface area contributed by atoms with Crippen molar-refractivity contribution in [1.29, 1.82) is 0 Å². The predicted octanol–water partition coefficient (Wildman–Crippen LogP) is 4.21. The fourth-order valence-corrected chi connectivity index (χ4v) is 4.45. The molecule has 2 aromatic carbocycles.